The summed E-state index contributed by atoms with van der Waals surface area (Å²) >= 11 is 0. The second kappa shape index (κ2) is 10.2. The lowest BCUT2D eigenvalue weighted by atomic mass is 10.1. The fourth-order valence-corrected chi connectivity index (χ4v) is 4.43. The highest BCUT2D eigenvalue weighted by atomic mass is 16.5. The molecule has 0 bridgehead atoms. The third-order valence-electron chi connectivity index (χ3n) is 6.28. The maximum absolute atomic E-state index is 13.5. The molecule has 1 amide bonds. The Labute approximate surface area is 207 Å². The van der Waals surface area contributed by atoms with Crippen LogP contribution in [0.15, 0.2) is 70.2 Å². The van der Waals surface area contributed by atoms with E-state index in [1.54, 1.807) is 4.57 Å². The topological polar surface area (TPSA) is 108 Å². The number of fused-ring (bicyclic) bond motifs is 3. The van der Waals surface area contributed by atoms with Gasteiger partial charge in [-0.3, -0.25) is 14.2 Å². The molecule has 0 aliphatic heterocycles. The molecule has 0 saturated carbocycles. The predicted octanol–water partition coefficient (Wildman–Crippen LogP) is 3.48. The Bertz CT molecular complexity index is 1570. The fraction of sp³-hybridized carbons (Fsp3) is 0.296. The molecule has 5 aromatic rings. The Hall–Kier alpha value is -4.27. The van der Waals surface area contributed by atoms with Crippen LogP contribution in [0.1, 0.15) is 37.5 Å². The third kappa shape index (κ3) is 4.77. The first-order chi connectivity index (χ1) is 17.5. The SMILES string of the molecule is CCc1noc(Cn2cnc3c4ccccc4n(CC(=O)NC(C)CCc4ccccc4)c3c2=O)n1. The molecule has 1 unspecified atom stereocenters. The van der Waals surface area contributed by atoms with Crippen molar-refractivity contribution in [1.29, 1.82) is 0 Å². The standard InChI is InChI=1S/C27H28N6O3/c1-3-22-30-24(36-31-22)16-32-17-28-25-20-11-7-8-12-21(20)33(26(25)27(32)35)15-23(34)29-18(2)13-14-19-9-5-4-6-10-19/h4-12,17-18H,3,13-16H2,1-2H3,(H,29,34). The maximum atomic E-state index is 13.5. The van der Waals surface area contributed by atoms with E-state index in [1.165, 1.54) is 16.5 Å². The number of hydrogen-bond acceptors (Lipinski definition) is 6. The third-order valence-corrected chi connectivity index (χ3v) is 6.28. The van der Waals surface area contributed by atoms with Crippen LogP contribution in [0, 0.1) is 0 Å². The lowest BCUT2D eigenvalue weighted by molar-refractivity contribution is -0.122. The first kappa shape index (κ1) is 23.5. The number of aryl methyl sites for hydroxylation is 2. The number of aromatic nitrogens is 5. The number of nitrogens with one attached hydrogen (secondary N) is 1. The summed E-state index contributed by atoms with van der Waals surface area (Å²) in [5.41, 5.74) is 2.70. The highest BCUT2D eigenvalue weighted by Crippen LogP contribution is 2.25. The summed E-state index contributed by atoms with van der Waals surface area (Å²) in [5.74, 6) is 0.763. The van der Waals surface area contributed by atoms with Gasteiger partial charge in [0.05, 0.1) is 11.8 Å². The van der Waals surface area contributed by atoms with Gasteiger partial charge >= 0.3 is 0 Å². The van der Waals surface area contributed by atoms with Crippen molar-refractivity contribution in [3.8, 4) is 0 Å². The van der Waals surface area contributed by atoms with E-state index in [-0.39, 0.29) is 30.6 Å². The molecule has 1 N–H and O–H groups in total. The van der Waals surface area contributed by atoms with Crippen LogP contribution in [0.5, 0.6) is 0 Å². The summed E-state index contributed by atoms with van der Waals surface area (Å²) in [5, 5.41) is 7.80. The second-order valence-electron chi connectivity index (χ2n) is 8.93. The van der Waals surface area contributed by atoms with Gasteiger partial charge in [0.2, 0.25) is 11.8 Å². The molecular weight excluding hydrogens is 456 g/mol. The van der Waals surface area contributed by atoms with Gasteiger partial charge in [-0.15, -0.1) is 0 Å². The van der Waals surface area contributed by atoms with E-state index in [9.17, 15) is 9.59 Å². The Morgan fingerprint density at radius 2 is 1.89 bits per heavy atom. The van der Waals surface area contributed by atoms with Gasteiger partial charge in [-0.25, -0.2) is 4.98 Å². The number of para-hydroxylation sites is 1. The van der Waals surface area contributed by atoms with Crippen molar-refractivity contribution >= 4 is 27.8 Å². The van der Waals surface area contributed by atoms with Gasteiger partial charge in [-0.2, -0.15) is 4.98 Å². The number of hydrogen-bond donors (Lipinski definition) is 1. The largest absolute Gasteiger partial charge is 0.352 e. The molecule has 9 nitrogen and oxygen atoms in total. The van der Waals surface area contributed by atoms with Crippen LogP contribution in [-0.4, -0.2) is 36.2 Å². The first-order valence-corrected chi connectivity index (χ1v) is 12.1. The summed E-state index contributed by atoms with van der Waals surface area (Å²) in [7, 11) is 0. The van der Waals surface area contributed by atoms with Crippen molar-refractivity contribution < 1.29 is 9.32 Å². The Morgan fingerprint density at radius 1 is 1.11 bits per heavy atom. The quantitative estimate of drug-likeness (QED) is 0.343. The van der Waals surface area contributed by atoms with E-state index in [0.717, 1.165) is 23.7 Å². The van der Waals surface area contributed by atoms with Gasteiger partial charge in [0.1, 0.15) is 24.1 Å². The molecule has 0 aliphatic carbocycles. The molecule has 3 aromatic heterocycles. The lowest BCUT2D eigenvalue weighted by Crippen LogP contribution is -2.36. The van der Waals surface area contributed by atoms with Gasteiger partial charge in [0.25, 0.3) is 5.56 Å². The minimum Gasteiger partial charge on any atom is -0.352 e. The molecular formula is C27H28N6O3. The number of carbonyl (C=O) groups excluding carboxylic acids is 1. The van der Waals surface area contributed by atoms with Crippen molar-refractivity contribution in [2.45, 2.75) is 52.2 Å². The van der Waals surface area contributed by atoms with Crippen molar-refractivity contribution in [2.75, 3.05) is 0 Å². The highest BCUT2D eigenvalue weighted by Gasteiger charge is 2.19. The van der Waals surface area contributed by atoms with E-state index in [1.807, 2.05) is 56.3 Å². The zero-order chi connectivity index (χ0) is 25.1. The summed E-state index contributed by atoms with van der Waals surface area (Å²) in [6.45, 7) is 4.05. The van der Waals surface area contributed by atoms with E-state index in [2.05, 4.69) is 32.6 Å². The van der Waals surface area contributed by atoms with E-state index in [4.69, 9.17) is 4.52 Å². The number of benzene rings is 2. The van der Waals surface area contributed by atoms with Crippen LogP contribution in [0.4, 0.5) is 0 Å². The van der Waals surface area contributed by atoms with Gasteiger partial charge < -0.3 is 14.4 Å². The van der Waals surface area contributed by atoms with Crippen LogP contribution in [-0.2, 0) is 30.7 Å². The van der Waals surface area contributed by atoms with Gasteiger partial charge in [0.15, 0.2) is 5.82 Å². The van der Waals surface area contributed by atoms with Crippen LogP contribution in [0.3, 0.4) is 0 Å². The average Bonchev–Trinajstić information content (AvgIpc) is 3.48. The van der Waals surface area contributed by atoms with E-state index in [0.29, 0.717) is 29.2 Å². The average molecular weight is 485 g/mol. The minimum absolute atomic E-state index is 0.00846. The minimum atomic E-state index is -0.266. The molecule has 0 saturated heterocycles. The second-order valence-corrected chi connectivity index (χ2v) is 8.93. The Balaban J connectivity index is 1.41. The van der Waals surface area contributed by atoms with Crippen LogP contribution >= 0.6 is 0 Å². The smallest absolute Gasteiger partial charge is 0.278 e. The molecule has 9 heteroatoms. The summed E-state index contributed by atoms with van der Waals surface area (Å²) in [6.07, 6.45) is 3.83. The number of rotatable bonds is 9. The number of carbonyl (C=O) groups is 1. The van der Waals surface area contributed by atoms with E-state index < -0.39 is 0 Å². The van der Waals surface area contributed by atoms with Crippen molar-refractivity contribution in [3.05, 3.63) is 88.6 Å². The van der Waals surface area contributed by atoms with Gasteiger partial charge in [0, 0.05) is 17.8 Å². The summed E-state index contributed by atoms with van der Waals surface area (Å²) < 4.78 is 8.45. The molecule has 3 heterocycles. The number of nitrogens with zero attached hydrogens (tertiary/aromatic N) is 5. The normalized spacial score (nSPS) is 12.3. The Kier molecular flexibility index (Phi) is 6.62. The molecule has 36 heavy (non-hydrogen) atoms. The Morgan fingerprint density at radius 3 is 2.67 bits per heavy atom. The molecule has 5 rings (SSSR count). The zero-order valence-electron chi connectivity index (χ0n) is 20.3. The van der Waals surface area contributed by atoms with Crippen molar-refractivity contribution in [2.24, 2.45) is 0 Å². The monoisotopic (exact) mass is 484 g/mol. The number of amides is 1. The van der Waals surface area contributed by atoms with Crippen LogP contribution in [0.2, 0.25) is 0 Å². The van der Waals surface area contributed by atoms with Crippen LogP contribution in [0.25, 0.3) is 21.9 Å². The lowest BCUT2D eigenvalue weighted by Gasteiger charge is -2.15. The molecule has 184 valence electrons. The molecule has 0 spiro atoms. The highest BCUT2D eigenvalue weighted by molar-refractivity contribution is 6.06. The van der Waals surface area contributed by atoms with Gasteiger partial charge in [-0.1, -0.05) is 60.6 Å². The summed E-state index contributed by atoms with van der Waals surface area (Å²) in [6, 6.07) is 17.8. The summed E-state index contributed by atoms with van der Waals surface area (Å²) in [4.78, 5) is 35.5. The molecule has 1 atom stereocenters. The fourth-order valence-electron chi connectivity index (χ4n) is 4.43. The molecule has 2 aromatic carbocycles. The predicted molar refractivity (Wildman–Crippen MR) is 137 cm³/mol. The van der Waals surface area contributed by atoms with Crippen molar-refractivity contribution in [3.63, 3.8) is 0 Å². The van der Waals surface area contributed by atoms with Crippen LogP contribution < -0.4 is 10.9 Å². The van der Waals surface area contributed by atoms with Gasteiger partial charge in [-0.05, 0) is 31.4 Å². The maximum Gasteiger partial charge on any atom is 0.278 e. The molecule has 0 aliphatic rings. The van der Waals surface area contributed by atoms with Crippen molar-refractivity contribution in [1.82, 2.24) is 29.6 Å². The van der Waals surface area contributed by atoms with E-state index >= 15 is 0 Å². The first-order valence-electron chi connectivity index (χ1n) is 12.1. The zero-order valence-corrected chi connectivity index (χ0v) is 20.3. The molecule has 0 fully saturated rings. The molecule has 0 radical (unpaired) electrons.